The van der Waals surface area contributed by atoms with Crippen molar-refractivity contribution in [3.63, 3.8) is 0 Å². The summed E-state index contributed by atoms with van der Waals surface area (Å²) in [6.07, 6.45) is -1.97. The van der Waals surface area contributed by atoms with Crippen LogP contribution in [-0.2, 0) is 33.3 Å². The van der Waals surface area contributed by atoms with E-state index in [1.165, 1.54) is 13.8 Å². The van der Waals surface area contributed by atoms with Crippen LogP contribution >= 0.6 is 0 Å². The van der Waals surface area contributed by atoms with Crippen LogP contribution in [0.25, 0.3) is 0 Å². The Hall–Kier alpha value is -2.09. The molecule has 0 radical (unpaired) electrons. The Bertz CT molecular complexity index is 406. The second kappa shape index (κ2) is 9.78. The molecule has 0 rings (SSSR count). The minimum atomic E-state index is -2.31. The van der Waals surface area contributed by atoms with Gasteiger partial charge in [-0.1, -0.05) is 6.58 Å². The Morgan fingerprint density at radius 3 is 2.09 bits per heavy atom. The van der Waals surface area contributed by atoms with Crippen molar-refractivity contribution < 1.29 is 38.4 Å². The predicted octanol–water partition coefficient (Wildman–Crippen LogP) is 0.326. The van der Waals surface area contributed by atoms with Gasteiger partial charge in [-0.25, -0.2) is 9.59 Å². The zero-order valence-electron chi connectivity index (χ0n) is 13.0. The van der Waals surface area contributed by atoms with Crippen molar-refractivity contribution in [1.29, 1.82) is 0 Å². The Labute approximate surface area is 129 Å². The number of carbonyl (C=O) groups excluding carboxylic acids is 3. The van der Waals surface area contributed by atoms with Crippen molar-refractivity contribution in [1.82, 2.24) is 0 Å². The van der Waals surface area contributed by atoms with E-state index in [9.17, 15) is 19.5 Å². The van der Waals surface area contributed by atoms with E-state index in [4.69, 9.17) is 14.2 Å². The van der Waals surface area contributed by atoms with Crippen molar-refractivity contribution in [3.8, 4) is 0 Å². The van der Waals surface area contributed by atoms with Crippen LogP contribution in [0.15, 0.2) is 12.8 Å². The normalized spacial score (nSPS) is 14.2. The molecule has 8 heteroatoms. The summed E-state index contributed by atoms with van der Waals surface area (Å²) in [7, 11) is 0. The standard InChI is InChI=1S/C14H22O8/c1-5-19-10(15)9-14(22-8-4,13(18)21-7-3)11(16)12(17)20-6-2/h8,11,16H,4-7,9H2,1-3H3. The van der Waals surface area contributed by atoms with E-state index in [0.29, 0.717) is 0 Å². The molecule has 0 aliphatic heterocycles. The van der Waals surface area contributed by atoms with Crippen molar-refractivity contribution in [2.24, 2.45) is 0 Å². The molecule has 2 unspecified atom stereocenters. The number of aliphatic hydroxyl groups is 1. The molecule has 22 heavy (non-hydrogen) atoms. The molecule has 0 saturated heterocycles. The van der Waals surface area contributed by atoms with Crippen LogP contribution < -0.4 is 0 Å². The van der Waals surface area contributed by atoms with E-state index in [-0.39, 0.29) is 19.8 Å². The van der Waals surface area contributed by atoms with Gasteiger partial charge in [-0.3, -0.25) is 4.79 Å². The molecule has 2 atom stereocenters. The molecule has 0 bridgehead atoms. The Morgan fingerprint density at radius 2 is 1.64 bits per heavy atom. The summed E-state index contributed by atoms with van der Waals surface area (Å²) in [6.45, 7) is 7.89. The van der Waals surface area contributed by atoms with Crippen molar-refractivity contribution >= 4 is 17.9 Å². The van der Waals surface area contributed by atoms with Gasteiger partial charge in [0.1, 0.15) is 0 Å². The maximum atomic E-state index is 12.2. The van der Waals surface area contributed by atoms with Gasteiger partial charge in [-0.05, 0) is 20.8 Å². The number of aliphatic hydroxyl groups excluding tert-OH is 1. The third-order valence-electron chi connectivity index (χ3n) is 2.58. The summed E-state index contributed by atoms with van der Waals surface area (Å²) in [6, 6.07) is 0. The number of ether oxygens (including phenoxy) is 4. The molecule has 1 N–H and O–H groups in total. The number of carbonyl (C=O) groups is 3. The molecule has 0 aromatic rings. The zero-order valence-corrected chi connectivity index (χ0v) is 13.0. The third kappa shape index (κ3) is 5.03. The SMILES string of the molecule is C=COC(CC(=O)OCC)(C(=O)OCC)C(O)C(=O)OCC. The van der Waals surface area contributed by atoms with Crippen LogP contribution in [0.4, 0.5) is 0 Å². The first-order chi connectivity index (χ1) is 10.4. The summed E-state index contributed by atoms with van der Waals surface area (Å²) >= 11 is 0. The lowest BCUT2D eigenvalue weighted by Gasteiger charge is -2.32. The summed E-state index contributed by atoms with van der Waals surface area (Å²) in [5.74, 6) is -3.06. The maximum absolute atomic E-state index is 12.2. The van der Waals surface area contributed by atoms with Crippen LogP contribution in [0.2, 0.25) is 0 Å². The van der Waals surface area contributed by atoms with Gasteiger partial charge < -0.3 is 24.1 Å². The minimum Gasteiger partial charge on any atom is -0.480 e. The minimum absolute atomic E-state index is 0.0255. The fourth-order valence-corrected chi connectivity index (χ4v) is 1.67. The molecular formula is C14H22O8. The summed E-state index contributed by atoms with van der Waals surface area (Å²) in [4.78, 5) is 35.7. The quantitative estimate of drug-likeness (QED) is 0.349. The average molecular weight is 318 g/mol. The maximum Gasteiger partial charge on any atom is 0.354 e. The van der Waals surface area contributed by atoms with Gasteiger partial charge in [0.05, 0.1) is 32.5 Å². The Morgan fingerprint density at radius 1 is 1.09 bits per heavy atom. The first kappa shape index (κ1) is 19.9. The highest BCUT2D eigenvalue weighted by atomic mass is 16.6. The lowest BCUT2D eigenvalue weighted by Crippen LogP contribution is -2.57. The zero-order chi connectivity index (χ0) is 17.2. The third-order valence-corrected chi connectivity index (χ3v) is 2.58. The highest BCUT2D eigenvalue weighted by Gasteiger charge is 2.54. The van der Waals surface area contributed by atoms with E-state index in [1.54, 1.807) is 6.92 Å². The molecule has 126 valence electrons. The second-order valence-electron chi connectivity index (χ2n) is 4.03. The summed E-state index contributed by atoms with van der Waals surface area (Å²) in [5.41, 5.74) is -2.31. The average Bonchev–Trinajstić information content (AvgIpc) is 2.46. The van der Waals surface area contributed by atoms with Crippen LogP contribution in [0.3, 0.4) is 0 Å². The second-order valence-corrected chi connectivity index (χ2v) is 4.03. The van der Waals surface area contributed by atoms with Gasteiger partial charge in [0.15, 0.2) is 0 Å². The van der Waals surface area contributed by atoms with E-state index < -0.39 is 36.0 Å². The topological polar surface area (TPSA) is 108 Å². The van der Waals surface area contributed by atoms with Gasteiger partial charge in [-0.15, -0.1) is 0 Å². The van der Waals surface area contributed by atoms with Crippen LogP contribution in [-0.4, -0.2) is 54.5 Å². The first-order valence-electron chi connectivity index (χ1n) is 6.85. The number of hydrogen-bond acceptors (Lipinski definition) is 8. The van der Waals surface area contributed by atoms with Crippen molar-refractivity contribution in [3.05, 3.63) is 12.8 Å². The Kier molecular flexibility index (Phi) is 8.85. The van der Waals surface area contributed by atoms with Crippen LogP contribution in [0.1, 0.15) is 27.2 Å². The lowest BCUT2D eigenvalue weighted by atomic mass is 9.92. The smallest absolute Gasteiger partial charge is 0.354 e. The van der Waals surface area contributed by atoms with E-state index in [0.717, 1.165) is 6.26 Å². The number of rotatable bonds is 10. The predicted molar refractivity (Wildman–Crippen MR) is 74.5 cm³/mol. The van der Waals surface area contributed by atoms with Gasteiger partial charge in [-0.2, -0.15) is 0 Å². The highest BCUT2D eigenvalue weighted by Crippen LogP contribution is 2.26. The van der Waals surface area contributed by atoms with E-state index in [2.05, 4.69) is 11.3 Å². The van der Waals surface area contributed by atoms with Crippen LogP contribution in [0.5, 0.6) is 0 Å². The molecule has 0 fully saturated rings. The number of esters is 3. The fraction of sp³-hybridized carbons (Fsp3) is 0.643. The first-order valence-corrected chi connectivity index (χ1v) is 6.85. The molecule has 0 aromatic carbocycles. The van der Waals surface area contributed by atoms with Gasteiger partial charge in [0.2, 0.25) is 6.10 Å². The molecule has 8 nitrogen and oxygen atoms in total. The molecule has 0 spiro atoms. The van der Waals surface area contributed by atoms with Gasteiger partial charge in [0.25, 0.3) is 5.60 Å². The van der Waals surface area contributed by atoms with E-state index in [1.807, 2.05) is 0 Å². The molecular weight excluding hydrogens is 296 g/mol. The largest absolute Gasteiger partial charge is 0.480 e. The van der Waals surface area contributed by atoms with Gasteiger partial charge >= 0.3 is 17.9 Å². The molecule has 0 aromatic heterocycles. The lowest BCUT2D eigenvalue weighted by molar-refractivity contribution is -0.195. The molecule has 0 saturated carbocycles. The summed E-state index contributed by atoms with van der Waals surface area (Å²) in [5, 5.41) is 10.1. The van der Waals surface area contributed by atoms with Crippen LogP contribution in [0, 0.1) is 0 Å². The monoisotopic (exact) mass is 318 g/mol. The fourth-order valence-electron chi connectivity index (χ4n) is 1.67. The summed E-state index contributed by atoms with van der Waals surface area (Å²) < 4.78 is 19.2. The Balaban J connectivity index is 5.63. The molecule has 0 heterocycles. The van der Waals surface area contributed by atoms with E-state index >= 15 is 0 Å². The highest BCUT2D eigenvalue weighted by molar-refractivity contribution is 5.93. The van der Waals surface area contributed by atoms with Crippen molar-refractivity contribution in [2.45, 2.75) is 38.9 Å². The molecule has 0 amide bonds. The molecule has 0 aliphatic carbocycles. The van der Waals surface area contributed by atoms with Crippen molar-refractivity contribution in [2.75, 3.05) is 19.8 Å². The molecule has 0 aliphatic rings. The van der Waals surface area contributed by atoms with Gasteiger partial charge in [0, 0.05) is 0 Å². The number of hydrogen-bond donors (Lipinski definition) is 1.